The van der Waals surface area contributed by atoms with Gasteiger partial charge in [-0.15, -0.1) is 0 Å². The molecular formula is C14H19BrF2N2O2. The minimum Gasteiger partial charge on any atom is -0.485 e. The monoisotopic (exact) mass is 364 g/mol. The molecule has 118 valence electrons. The highest BCUT2D eigenvalue weighted by molar-refractivity contribution is 9.10. The number of hydrogen-bond acceptors (Lipinski definition) is 4. The Labute approximate surface area is 131 Å². The number of likely N-dealkylation sites (N-methyl/N-ethyl adjacent to an activating group) is 1. The van der Waals surface area contributed by atoms with Crippen molar-refractivity contribution in [1.29, 1.82) is 0 Å². The van der Waals surface area contributed by atoms with Gasteiger partial charge >= 0.3 is 0 Å². The second-order valence-electron chi connectivity index (χ2n) is 5.27. The molecule has 1 heterocycles. The Morgan fingerprint density at radius 2 is 1.81 bits per heavy atom. The lowest BCUT2D eigenvalue weighted by molar-refractivity contribution is 0.0483. The molecule has 0 spiro atoms. The standard InChI is InChI=1S/C14H19BrF2N2O2/c1-18-2-4-19(5-3-18)8-11(20)9-21-14-12(16)6-10(15)7-13(14)17/h6-7,11,20H,2-5,8-9H2,1H3/t11-/m0/s1. The number of hydrogen-bond donors (Lipinski definition) is 1. The second-order valence-corrected chi connectivity index (χ2v) is 6.18. The number of rotatable bonds is 5. The quantitative estimate of drug-likeness (QED) is 0.862. The Morgan fingerprint density at radius 1 is 1.24 bits per heavy atom. The summed E-state index contributed by atoms with van der Waals surface area (Å²) in [7, 11) is 2.05. The molecule has 4 nitrogen and oxygen atoms in total. The summed E-state index contributed by atoms with van der Waals surface area (Å²) in [6, 6.07) is 2.26. The fraction of sp³-hybridized carbons (Fsp3) is 0.571. The number of piperazine rings is 1. The number of β-amino-alcohol motifs (C(OH)–C–C–N with tert-alkyl or cyclic N) is 1. The number of aliphatic hydroxyl groups excluding tert-OH is 1. The normalized spacial score (nSPS) is 18.7. The fourth-order valence-electron chi connectivity index (χ4n) is 2.23. The third-order valence-corrected chi connectivity index (χ3v) is 3.91. The maximum Gasteiger partial charge on any atom is 0.190 e. The van der Waals surface area contributed by atoms with E-state index in [0.29, 0.717) is 11.0 Å². The average Bonchev–Trinajstić information content (AvgIpc) is 2.40. The summed E-state index contributed by atoms with van der Waals surface area (Å²) in [5, 5.41) is 9.93. The van der Waals surface area contributed by atoms with Gasteiger partial charge in [-0.3, -0.25) is 4.90 Å². The third-order valence-electron chi connectivity index (χ3n) is 3.45. The predicted molar refractivity (Wildman–Crippen MR) is 79.5 cm³/mol. The topological polar surface area (TPSA) is 35.9 Å². The molecule has 0 bridgehead atoms. The summed E-state index contributed by atoms with van der Waals surface area (Å²) in [5.74, 6) is -2.02. The summed E-state index contributed by atoms with van der Waals surface area (Å²) in [5.41, 5.74) is 0. The molecule has 2 rings (SSSR count). The van der Waals surface area contributed by atoms with Gasteiger partial charge in [0.15, 0.2) is 17.4 Å². The molecule has 1 aliphatic rings. The van der Waals surface area contributed by atoms with Crippen LogP contribution in [0.4, 0.5) is 8.78 Å². The van der Waals surface area contributed by atoms with Gasteiger partial charge < -0.3 is 14.7 Å². The van der Waals surface area contributed by atoms with E-state index in [0.717, 1.165) is 38.3 Å². The molecule has 0 radical (unpaired) electrons. The predicted octanol–water partition coefficient (Wildman–Crippen LogP) is 1.71. The highest BCUT2D eigenvalue weighted by Gasteiger charge is 2.19. The molecule has 1 atom stereocenters. The molecule has 21 heavy (non-hydrogen) atoms. The Bertz CT molecular complexity index is 459. The van der Waals surface area contributed by atoms with Crippen LogP contribution in [-0.4, -0.2) is 67.4 Å². The van der Waals surface area contributed by atoms with Gasteiger partial charge in [-0.25, -0.2) is 8.78 Å². The van der Waals surface area contributed by atoms with Gasteiger partial charge in [-0.05, 0) is 19.2 Å². The Morgan fingerprint density at radius 3 is 2.38 bits per heavy atom. The highest BCUT2D eigenvalue weighted by Crippen LogP contribution is 2.25. The van der Waals surface area contributed by atoms with Crippen molar-refractivity contribution in [3.8, 4) is 5.75 Å². The molecular weight excluding hydrogens is 346 g/mol. The van der Waals surface area contributed by atoms with Crippen molar-refractivity contribution in [3.63, 3.8) is 0 Å². The number of benzene rings is 1. The van der Waals surface area contributed by atoms with E-state index < -0.39 is 23.5 Å². The molecule has 1 fully saturated rings. The molecule has 0 amide bonds. The maximum absolute atomic E-state index is 13.6. The first-order chi connectivity index (χ1) is 9.95. The minimum absolute atomic E-state index is 0.137. The smallest absolute Gasteiger partial charge is 0.190 e. The summed E-state index contributed by atoms with van der Waals surface area (Å²) < 4.78 is 32.5. The molecule has 0 unspecified atom stereocenters. The van der Waals surface area contributed by atoms with Crippen LogP contribution in [-0.2, 0) is 0 Å². The van der Waals surface area contributed by atoms with E-state index in [1.807, 2.05) is 0 Å². The minimum atomic E-state index is -0.784. The molecule has 1 N–H and O–H groups in total. The second kappa shape index (κ2) is 7.49. The molecule has 0 saturated carbocycles. The van der Waals surface area contributed by atoms with Crippen molar-refractivity contribution in [2.24, 2.45) is 0 Å². The van der Waals surface area contributed by atoms with Crippen LogP contribution in [0.2, 0.25) is 0 Å². The van der Waals surface area contributed by atoms with Gasteiger partial charge in [0.05, 0.1) is 0 Å². The van der Waals surface area contributed by atoms with E-state index in [1.54, 1.807) is 0 Å². The summed E-state index contributed by atoms with van der Waals surface area (Å²) in [6.45, 7) is 3.94. The van der Waals surface area contributed by atoms with E-state index >= 15 is 0 Å². The molecule has 7 heteroatoms. The molecule has 1 aromatic rings. The largest absolute Gasteiger partial charge is 0.485 e. The van der Waals surface area contributed by atoms with Gasteiger partial charge in [0.25, 0.3) is 0 Å². The van der Waals surface area contributed by atoms with Gasteiger partial charge in [-0.1, -0.05) is 15.9 Å². The number of aliphatic hydroxyl groups is 1. The summed E-state index contributed by atoms with van der Waals surface area (Å²) >= 11 is 3.00. The number of halogens is 3. The van der Waals surface area contributed by atoms with E-state index in [4.69, 9.17) is 4.74 Å². The van der Waals surface area contributed by atoms with Crippen LogP contribution >= 0.6 is 15.9 Å². The van der Waals surface area contributed by atoms with Crippen molar-refractivity contribution in [1.82, 2.24) is 9.80 Å². The van der Waals surface area contributed by atoms with Gasteiger partial charge in [-0.2, -0.15) is 0 Å². The first-order valence-electron chi connectivity index (χ1n) is 6.82. The van der Waals surface area contributed by atoms with Crippen LogP contribution in [0.1, 0.15) is 0 Å². The van der Waals surface area contributed by atoms with E-state index in [-0.39, 0.29) is 6.61 Å². The van der Waals surface area contributed by atoms with Gasteiger partial charge in [0.1, 0.15) is 12.7 Å². The first-order valence-corrected chi connectivity index (χ1v) is 7.61. The Balaban J connectivity index is 1.83. The van der Waals surface area contributed by atoms with Crippen molar-refractivity contribution >= 4 is 15.9 Å². The fourth-order valence-corrected chi connectivity index (χ4v) is 2.63. The van der Waals surface area contributed by atoms with Crippen LogP contribution in [0.25, 0.3) is 0 Å². The van der Waals surface area contributed by atoms with E-state index in [9.17, 15) is 13.9 Å². The molecule has 1 aromatic carbocycles. The maximum atomic E-state index is 13.6. The lowest BCUT2D eigenvalue weighted by Gasteiger charge is -2.33. The van der Waals surface area contributed by atoms with E-state index in [2.05, 4.69) is 32.8 Å². The third kappa shape index (κ3) is 4.88. The van der Waals surface area contributed by atoms with Crippen LogP contribution in [0.15, 0.2) is 16.6 Å². The van der Waals surface area contributed by atoms with Crippen molar-refractivity contribution in [2.75, 3.05) is 46.4 Å². The lowest BCUT2D eigenvalue weighted by Crippen LogP contribution is -2.47. The van der Waals surface area contributed by atoms with Crippen molar-refractivity contribution in [2.45, 2.75) is 6.10 Å². The van der Waals surface area contributed by atoms with Crippen LogP contribution in [0.5, 0.6) is 5.75 Å². The summed E-state index contributed by atoms with van der Waals surface area (Å²) in [4.78, 5) is 4.33. The molecule has 0 aliphatic carbocycles. The zero-order valence-electron chi connectivity index (χ0n) is 11.9. The van der Waals surface area contributed by atoms with Crippen molar-refractivity contribution in [3.05, 3.63) is 28.2 Å². The highest BCUT2D eigenvalue weighted by atomic mass is 79.9. The first kappa shape index (κ1) is 16.6. The SMILES string of the molecule is CN1CCN(C[C@H](O)COc2c(F)cc(Br)cc2F)CC1. The summed E-state index contributed by atoms with van der Waals surface area (Å²) in [6.07, 6.45) is -0.782. The Kier molecular flexibility index (Phi) is 5.92. The number of nitrogens with zero attached hydrogens (tertiary/aromatic N) is 2. The molecule has 0 aromatic heterocycles. The van der Waals surface area contributed by atoms with Crippen LogP contribution in [0, 0.1) is 11.6 Å². The average molecular weight is 365 g/mol. The lowest BCUT2D eigenvalue weighted by atomic mass is 10.2. The zero-order valence-corrected chi connectivity index (χ0v) is 13.4. The van der Waals surface area contributed by atoms with Crippen LogP contribution < -0.4 is 4.74 Å². The van der Waals surface area contributed by atoms with Crippen molar-refractivity contribution < 1.29 is 18.6 Å². The van der Waals surface area contributed by atoms with Gasteiger partial charge in [0, 0.05) is 37.2 Å². The van der Waals surface area contributed by atoms with Gasteiger partial charge in [0.2, 0.25) is 0 Å². The Hall–Kier alpha value is -0.760. The molecule has 1 saturated heterocycles. The zero-order chi connectivity index (χ0) is 15.4. The van der Waals surface area contributed by atoms with Crippen LogP contribution in [0.3, 0.4) is 0 Å². The molecule has 1 aliphatic heterocycles. The van der Waals surface area contributed by atoms with E-state index in [1.165, 1.54) is 0 Å². The number of ether oxygens (including phenoxy) is 1.